The average Bonchev–Trinajstić information content (AvgIpc) is 3.93. The third-order valence-corrected chi connectivity index (χ3v) is 13.1. The van der Waals surface area contributed by atoms with Crippen molar-refractivity contribution in [3.63, 3.8) is 0 Å². The molecule has 336 valence electrons. The third kappa shape index (κ3) is 8.49. The summed E-state index contributed by atoms with van der Waals surface area (Å²) in [4.78, 5) is 12.9. The number of hydrogen-bond acceptors (Lipinski definition) is 4. The predicted octanol–water partition coefficient (Wildman–Crippen LogP) is 15.5. The molecule has 0 saturated heterocycles. The van der Waals surface area contributed by atoms with Crippen molar-refractivity contribution in [2.75, 3.05) is 30.4 Å². The highest BCUT2D eigenvalue weighted by Gasteiger charge is 2.20. The Labute approximate surface area is 404 Å². The van der Waals surface area contributed by atoms with Crippen LogP contribution in [-0.4, -0.2) is 40.7 Å². The van der Waals surface area contributed by atoms with E-state index in [1.807, 2.05) is 24.3 Å². The number of aliphatic imine (C=N–C) groups is 2. The SMILES string of the molecule is C=C/C=C(\C=C(/C)C(CN=C(C)c1cccc(-n2c3ccccc3c3c(C=C)cccc32)c1)=NC(=C)c1cccc(-n2c3c(c4ccccc42)C=CCN3)c1)N(C)c1ccccc1-c1ccccc1. The maximum absolute atomic E-state index is 5.36. The lowest BCUT2D eigenvalue weighted by atomic mass is 10.0. The van der Waals surface area contributed by atoms with Gasteiger partial charge in [-0.3, -0.25) is 14.6 Å². The minimum Gasteiger partial charge on any atom is -0.367 e. The van der Waals surface area contributed by atoms with Gasteiger partial charge in [0.15, 0.2) is 0 Å². The molecule has 6 nitrogen and oxygen atoms in total. The van der Waals surface area contributed by atoms with Crippen molar-refractivity contribution in [3.05, 3.63) is 247 Å². The Bertz CT molecular complexity index is 3620. The van der Waals surface area contributed by atoms with Crippen LogP contribution in [0, 0.1) is 0 Å². The Morgan fingerprint density at radius 3 is 2.13 bits per heavy atom. The molecule has 10 rings (SSSR count). The number of hydrogen-bond donors (Lipinski definition) is 1. The standard InChI is InChI=1S/C63H54N6/c1-7-22-50(67(6)58-34-15-12-30-53(58)47-23-10-9-11-24-47)39-43(3)57(66-45(5)49-27-19-29-52(41-49)69-59-35-16-13-31-54(59)55-33-21-38-64-63(55)69)42-65-44(4)48-26-18-28-51(40-48)68-60-36-17-14-32-56(60)62-46(8-2)25-20-37-61(62)68/h7-37,39-41,64H,1-2,5,38,42H2,3-4,6H3/b43-39+,50-22+,65-44?,66-57?. The van der Waals surface area contributed by atoms with E-state index in [2.05, 4.69) is 242 Å². The van der Waals surface area contributed by atoms with Crippen LogP contribution in [0.25, 0.3) is 73.1 Å². The van der Waals surface area contributed by atoms with Crippen LogP contribution in [0.2, 0.25) is 0 Å². The number of aromatic nitrogens is 2. The lowest BCUT2D eigenvalue weighted by Gasteiger charge is -2.24. The van der Waals surface area contributed by atoms with Gasteiger partial charge < -0.3 is 14.8 Å². The average molecular weight is 895 g/mol. The molecule has 1 aliphatic heterocycles. The number of fused-ring (bicyclic) bond motifs is 6. The number of rotatable bonds is 14. The fourth-order valence-corrected chi connectivity index (χ4v) is 9.61. The quantitative estimate of drug-likeness (QED) is 0.0873. The summed E-state index contributed by atoms with van der Waals surface area (Å²) in [7, 11) is 2.10. The summed E-state index contributed by atoms with van der Waals surface area (Å²) in [5.74, 6) is 1.08. The first-order valence-electron chi connectivity index (χ1n) is 23.4. The van der Waals surface area contributed by atoms with Gasteiger partial charge in [0.05, 0.1) is 34.5 Å². The van der Waals surface area contributed by atoms with Crippen molar-refractivity contribution < 1.29 is 0 Å². The largest absolute Gasteiger partial charge is 0.367 e. The van der Waals surface area contributed by atoms with Crippen LogP contribution in [0.5, 0.6) is 0 Å². The van der Waals surface area contributed by atoms with E-state index in [9.17, 15) is 0 Å². The molecule has 0 atom stereocenters. The molecule has 3 heterocycles. The van der Waals surface area contributed by atoms with E-state index in [0.717, 1.165) is 96.5 Å². The number of nitrogens with one attached hydrogen (secondary N) is 1. The predicted molar refractivity (Wildman–Crippen MR) is 298 cm³/mol. The molecule has 2 aromatic heterocycles. The first-order valence-corrected chi connectivity index (χ1v) is 23.4. The number of likely N-dealkylation sites (N-methyl/N-ethyl adjacent to an activating group) is 1. The van der Waals surface area contributed by atoms with Gasteiger partial charge in [0, 0.05) is 74.9 Å². The topological polar surface area (TPSA) is 49.9 Å². The van der Waals surface area contributed by atoms with Gasteiger partial charge in [0.1, 0.15) is 5.82 Å². The van der Waals surface area contributed by atoms with Crippen molar-refractivity contribution in [1.82, 2.24) is 9.13 Å². The highest BCUT2D eigenvalue weighted by atomic mass is 15.1. The molecule has 0 aliphatic carbocycles. The van der Waals surface area contributed by atoms with E-state index in [0.29, 0.717) is 12.2 Å². The maximum Gasteiger partial charge on any atom is 0.119 e. The molecule has 9 aromatic rings. The summed E-state index contributed by atoms with van der Waals surface area (Å²) in [5, 5.41) is 7.23. The van der Waals surface area contributed by atoms with E-state index in [-0.39, 0.29) is 0 Å². The van der Waals surface area contributed by atoms with Crippen LogP contribution in [0.4, 0.5) is 11.5 Å². The zero-order chi connectivity index (χ0) is 47.4. The number of benzene rings is 7. The molecule has 69 heavy (non-hydrogen) atoms. The molecule has 0 spiro atoms. The van der Waals surface area contributed by atoms with Crippen LogP contribution in [0.1, 0.15) is 36.1 Å². The Balaban J connectivity index is 1.04. The first kappa shape index (κ1) is 44.1. The highest BCUT2D eigenvalue weighted by molar-refractivity contribution is 6.13. The second-order valence-electron chi connectivity index (χ2n) is 17.3. The summed E-state index contributed by atoms with van der Waals surface area (Å²) >= 11 is 0. The van der Waals surface area contributed by atoms with Gasteiger partial charge in [-0.2, -0.15) is 0 Å². The first-order chi connectivity index (χ1) is 33.8. The second kappa shape index (κ2) is 19.2. The molecular weight excluding hydrogens is 841 g/mol. The van der Waals surface area contributed by atoms with Crippen molar-refractivity contribution in [2.24, 2.45) is 9.98 Å². The summed E-state index contributed by atoms with van der Waals surface area (Å²) in [6, 6.07) is 59.7. The minimum absolute atomic E-state index is 0.326. The monoisotopic (exact) mass is 894 g/mol. The van der Waals surface area contributed by atoms with Crippen LogP contribution in [-0.2, 0) is 0 Å². The van der Waals surface area contributed by atoms with Crippen molar-refractivity contribution in [2.45, 2.75) is 13.8 Å². The third-order valence-electron chi connectivity index (χ3n) is 13.1. The maximum atomic E-state index is 5.36. The Morgan fingerprint density at radius 2 is 1.35 bits per heavy atom. The number of para-hydroxylation sites is 3. The summed E-state index contributed by atoms with van der Waals surface area (Å²) < 4.78 is 4.64. The zero-order valence-corrected chi connectivity index (χ0v) is 39.4. The van der Waals surface area contributed by atoms with Crippen molar-refractivity contribution in [1.29, 1.82) is 0 Å². The number of allylic oxidation sites excluding steroid dienone is 3. The second-order valence-corrected chi connectivity index (χ2v) is 17.3. The molecular formula is C63H54N6. The van der Waals surface area contributed by atoms with Crippen LogP contribution in [0.15, 0.2) is 235 Å². The van der Waals surface area contributed by atoms with Crippen molar-refractivity contribution >= 4 is 73.5 Å². The van der Waals surface area contributed by atoms with E-state index in [1.54, 1.807) is 0 Å². The molecule has 1 N–H and O–H groups in total. The Morgan fingerprint density at radius 1 is 0.696 bits per heavy atom. The summed E-state index contributed by atoms with van der Waals surface area (Å²) in [6.07, 6.45) is 12.4. The smallest absolute Gasteiger partial charge is 0.119 e. The minimum atomic E-state index is 0.326. The summed E-state index contributed by atoms with van der Waals surface area (Å²) in [6.45, 7) is 18.1. The van der Waals surface area contributed by atoms with Crippen molar-refractivity contribution in [3.8, 4) is 22.5 Å². The molecule has 0 fully saturated rings. The van der Waals surface area contributed by atoms with Crippen LogP contribution < -0.4 is 10.2 Å². The Kier molecular flexibility index (Phi) is 12.3. The fourth-order valence-electron chi connectivity index (χ4n) is 9.61. The van der Waals surface area contributed by atoms with Gasteiger partial charge in [0.2, 0.25) is 0 Å². The molecule has 6 heteroatoms. The molecule has 7 aromatic carbocycles. The van der Waals surface area contributed by atoms with Crippen LogP contribution >= 0.6 is 0 Å². The van der Waals surface area contributed by atoms with Gasteiger partial charge in [-0.25, -0.2) is 0 Å². The molecule has 0 unspecified atom stereocenters. The summed E-state index contributed by atoms with van der Waals surface area (Å²) in [5.41, 5.74) is 17.4. The lowest BCUT2D eigenvalue weighted by molar-refractivity contribution is 1.09. The fraction of sp³-hybridized carbons (Fsp3) is 0.0794. The van der Waals surface area contributed by atoms with E-state index in [1.165, 1.54) is 21.7 Å². The van der Waals surface area contributed by atoms with E-state index in [4.69, 9.17) is 9.98 Å². The zero-order valence-electron chi connectivity index (χ0n) is 39.4. The lowest BCUT2D eigenvalue weighted by Crippen LogP contribution is -2.17. The van der Waals surface area contributed by atoms with E-state index < -0.39 is 0 Å². The van der Waals surface area contributed by atoms with Gasteiger partial charge in [-0.15, -0.1) is 0 Å². The normalized spacial score (nSPS) is 13.1. The molecule has 0 radical (unpaired) electrons. The van der Waals surface area contributed by atoms with Gasteiger partial charge in [-0.1, -0.05) is 165 Å². The number of nitrogens with zero attached hydrogens (tertiary/aromatic N) is 5. The molecule has 0 bridgehead atoms. The molecule has 0 amide bonds. The van der Waals surface area contributed by atoms with Gasteiger partial charge in [-0.05, 0) is 96.8 Å². The van der Waals surface area contributed by atoms with Gasteiger partial charge >= 0.3 is 0 Å². The Hall–Kier alpha value is -8.74. The van der Waals surface area contributed by atoms with Crippen LogP contribution in [0.3, 0.4) is 0 Å². The van der Waals surface area contributed by atoms with Gasteiger partial charge in [0.25, 0.3) is 0 Å². The molecule has 1 aliphatic rings. The number of anilines is 2. The molecule has 0 saturated carbocycles. The highest BCUT2D eigenvalue weighted by Crippen LogP contribution is 2.38. The van der Waals surface area contributed by atoms with E-state index >= 15 is 0 Å².